The monoisotopic (exact) mass is 362 g/mol. The van der Waals surface area contributed by atoms with E-state index in [2.05, 4.69) is 21.0 Å². The Balaban J connectivity index is 2.40. The van der Waals surface area contributed by atoms with Crippen molar-refractivity contribution in [2.45, 2.75) is 12.6 Å². The lowest BCUT2D eigenvalue weighted by Crippen LogP contribution is -2.14. The normalized spacial score (nSPS) is 12.7. The Hall–Kier alpha value is -0.950. The number of aliphatic hydroxyl groups excluding tert-OH is 1. The predicted molar refractivity (Wildman–Crippen MR) is 77.3 cm³/mol. The summed E-state index contributed by atoms with van der Waals surface area (Å²) < 4.78 is 20.8. The van der Waals surface area contributed by atoms with Gasteiger partial charge in [0.2, 0.25) is 0 Å². The van der Waals surface area contributed by atoms with Crippen molar-refractivity contribution in [3.8, 4) is 0 Å². The highest BCUT2D eigenvalue weighted by atomic mass is 79.9. The molecular formula is C13H13BrClFN2O2. The number of benzene rings is 1. The number of aromatic nitrogens is 2. The van der Waals surface area contributed by atoms with Crippen molar-refractivity contribution in [1.29, 1.82) is 0 Å². The lowest BCUT2D eigenvalue weighted by Gasteiger charge is -2.15. The highest BCUT2D eigenvalue weighted by Gasteiger charge is 2.23. The molecule has 0 spiro atoms. The summed E-state index contributed by atoms with van der Waals surface area (Å²) in [5, 5.41) is 14.7. The molecule has 0 saturated heterocycles. The van der Waals surface area contributed by atoms with Gasteiger partial charge in [-0.2, -0.15) is 5.10 Å². The van der Waals surface area contributed by atoms with Crippen LogP contribution in [0.4, 0.5) is 4.39 Å². The number of rotatable bonds is 5. The molecule has 0 aliphatic carbocycles. The van der Waals surface area contributed by atoms with Crippen molar-refractivity contribution in [1.82, 2.24) is 9.78 Å². The van der Waals surface area contributed by atoms with Crippen molar-refractivity contribution < 1.29 is 14.2 Å². The zero-order chi connectivity index (χ0) is 14.7. The summed E-state index contributed by atoms with van der Waals surface area (Å²) in [6, 6.07) is 4.72. The highest BCUT2D eigenvalue weighted by Crippen LogP contribution is 2.31. The zero-order valence-electron chi connectivity index (χ0n) is 10.7. The molecule has 1 aromatic heterocycles. The molecule has 7 heteroatoms. The molecule has 1 aromatic carbocycles. The maximum absolute atomic E-state index is 14.1. The van der Waals surface area contributed by atoms with Crippen LogP contribution in [0.2, 0.25) is 5.02 Å². The molecule has 4 nitrogen and oxygen atoms in total. The van der Waals surface area contributed by atoms with E-state index in [9.17, 15) is 9.50 Å². The van der Waals surface area contributed by atoms with E-state index in [0.717, 1.165) is 0 Å². The number of hydrogen-bond donors (Lipinski definition) is 1. The van der Waals surface area contributed by atoms with Gasteiger partial charge in [-0.1, -0.05) is 23.7 Å². The largest absolute Gasteiger partial charge is 0.383 e. The zero-order valence-corrected chi connectivity index (χ0v) is 13.0. The van der Waals surface area contributed by atoms with Gasteiger partial charge in [0.05, 0.1) is 34.5 Å². The number of aliphatic hydroxyl groups is 1. The van der Waals surface area contributed by atoms with E-state index < -0.39 is 11.9 Å². The quantitative estimate of drug-likeness (QED) is 0.887. The SMILES string of the molecule is COCCn1ncc(Cl)c1C(O)c1cccc(Br)c1F. The second-order valence-electron chi connectivity index (χ2n) is 4.14. The molecule has 0 saturated carbocycles. The molecular weight excluding hydrogens is 351 g/mol. The first-order valence-electron chi connectivity index (χ1n) is 5.88. The first kappa shape index (κ1) is 15.4. The molecule has 0 radical (unpaired) electrons. The van der Waals surface area contributed by atoms with Gasteiger partial charge in [-0.3, -0.25) is 4.68 Å². The van der Waals surface area contributed by atoms with Crippen LogP contribution in [-0.2, 0) is 11.3 Å². The first-order chi connectivity index (χ1) is 9.56. The third kappa shape index (κ3) is 3.03. The molecule has 0 aliphatic heterocycles. The van der Waals surface area contributed by atoms with Crippen molar-refractivity contribution in [2.24, 2.45) is 0 Å². The fourth-order valence-electron chi connectivity index (χ4n) is 1.88. The van der Waals surface area contributed by atoms with Crippen LogP contribution in [-0.4, -0.2) is 28.6 Å². The molecule has 0 bridgehead atoms. The van der Waals surface area contributed by atoms with E-state index in [4.69, 9.17) is 16.3 Å². The van der Waals surface area contributed by atoms with Crippen LogP contribution in [0.1, 0.15) is 17.4 Å². The number of ether oxygens (including phenoxy) is 1. The molecule has 1 heterocycles. The van der Waals surface area contributed by atoms with Gasteiger partial charge >= 0.3 is 0 Å². The lowest BCUT2D eigenvalue weighted by molar-refractivity contribution is 0.170. The maximum Gasteiger partial charge on any atom is 0.143 e. The van der Waals surface area contributed by atoms with Crippen molar-refractivity contribution >= 4 is 27.5 Å². The maximum atomic E-state index is 14.1. The standard InChI is InChI=1S/C13H13BrClFN2O2/c1-20-6-5-18-12(10(15)7-17-18)13(19)8-3-2-4-9(14)11(8)16/h2-4,7,13,19H,5-6H2,1H3. The Bertz CT molecular complexity index is 606. The van der Waals surface area contributed by atoms with Crippen LogP contribution in [0.5, 0.6) is 0 Å². The molecule has 1 unspecified atom stereocenters. The van der Waals surface area contributed by atoms with Gasteiger partial charge in [0.1, 0.15) is 11.9 Å². The van der Waals surface area contributed by atoms with Gasteiger partial charge < -0.3 is 9.84 Å². The summed E-state index contributed by atoms with van der Waals surface area (Å²) in [6.45, 7) is 0.837. The molecule has 2 aromatic rings. The summed E-state index contributed by atoms with van der Waals surface area (Å²) in [7, 11) is 1.56. The summed E-state index contributed by atoms with van der Waals surface area (Å²) in [6.07, 6.45) is 0.227. The van der Waals surface area contributed by atoms with Crippen LogP contribution in [0.15, 0.2) is 28.9 Å². The van der Waals surface area contributed by atoms with Crippen molar-refractivity contribution in [2.75, 3.05) is 13.7 Å². The topological polar surface area (TPSA) is 47.3 Å². The molecule has 1 N–H and O–H groups in total. The Morgan fingerprint density at radius 1 is 1.55 bits per heavy atom. The Morgan fingerprint density at radius 3 is 3.00 bits per heavy atom. The van der Waals surface area contributed by atoms with Crippen molar-refractivity contribution in [3.63, 3.8) is 0 Å². The third-order valence-electron chi connectivity index (χ3n) is 2.88. The highest BCUT2D eigenvalue weighted by molar-refractivity contribution is 9.10. The number of halogens is 3. The van der Waals surface area contributed by atoms with Crippen LogP contribution in [0.25, 0.3) is 0 Å². The fourth-order valence-corrected chi connectivity index (χ4v) is 2.50. The van der Waals surface area contributed by atoms with Crippen LogP contribution in [0, 0.1) is 5.82 Å². The molecule has 0 aliphatic rings. The van der Waals surface area contributed by atoms with Gasteiger partial charge in [0.25, 0.3) is 0 Å². The van der Waals surface area contributed by atoms with Gasteiger partial charge in [-0.15, -0.1) is 0 Å². The van der Waals surface area contributed by atoms with E-state index in [1.807, 2.05) is 0 Å². The van der Waals surface area contributed by atoms with Gasteiger partial charge in [-0.05, 0) is 22.0 Å². The molecule has 1 atom stereocenters. The Kier molecular flexibility index (Phi) is 5.15. The van der Waals surface area contributed by atoms with E-state index in [1.54, 1.807) is 19.2 Å². The minimum Gasteiger partial charge on any atom is -0.383 e. The van der Waals surface area contributed by atoms with E-state index in [1.165, 1.54) is 16.9 Å². The van der Waals surface area contributed by atoms with E-state index in [0.29, 0.717) is 18.8 Å². The molecule has 0 amide bonds. The minimum atomic E-state index is -1.20. The molecule has 2 rings (SSSR count). The summed E-state index contributed by atoms with van der Waals surface area (Å²) >= 11 is 9.14. The van der Waals surface area contributed by atoms with Crippen LogP contribution >= 0.6 is 27.5 Å². The average molecular weight is 364 g/mol. The van der Waals surface area contributed by atoms with Gasteiger partial charge in [0.15, 0.2) is 0 Å². The number of nitrogens with zero attached hydrogens (tertiary/aromatic N) is 2. The summed E-state index contributed by atoms with van der Waals surface area (Å²) in [4.78, 5) is 0. The summed E-state index contributed by atoms with van der Waals surface area (Å²) in [5.41, 5.74) is 0.487. The second kappa shape index (κ2) is 6.67. The average Bonchev–Trinajstić information content (AvgIpc) is 2.80. The Labute approximate surface area is 129 Å². The van der Waals surface area contributed by atoms with Gasteiger partial charge in [0, 0.05) is 12.7 Å². The minimum absolute atomic E-state index is 0.139. The van der Waals surface area contributed by atoms with Crippen LogP contribution < -0.4 is 0 Å². The predicted octanol–water partition coefficient (Wildman–Crippen LogP) is 3.17. The fraction of sp³-hybridized carbons (Fsp3) is 0.308. The van der Waals surface area contributed by atoms with Crippen LogP contribution in [0.3, 0.4) is 0 Å². The smallest absolute Gasteiger partial charge is 0.143 e. The number of methoxy groups -OCH3 is 1. The summed E-state index contributed by atoms with van der Waals surface area (Å²) in [5.74, 6) is -0.518. The van der Waals surface area contributed by atoms with Gasteiger partial charge in [-0.25, -0.2) is 4.39 Å². The second-order valence-corrected chi connectivity index (χ2v) is 5.40. The lowest BCUT2D eigenvalue weighted by atomic mass is 10.1. The van der Waals surface area contributed by atoms with E-state index in [-0.39, 0.29) is 15.1 Å². The van der Waals surface area contributed by atoms with E-state index >= 15 is 0 Å². The molecule has 0 fully saturated rings. The van der Waals surface area contributed by atoms with Crippen molar-refractivity contribution in [3.05, 3.63) is 51.0 Å². The number of hydrogen-bond acceptors (Lipinski definition) is 3. The molecule has 108 valence electrons. The first-order valence-corrected chi connectivity index (χ1v) is 7.05. The third-order valence-corrected chi connectivity index (χ3v) is 3.78. The Morgan fingerprint density at radius 2 is 2.30 bits per heavy atom. The molecule has 20 heavy (non-hydrogen) atoms.